The SMILES string of the molecule is CC(C)C[C@H](NCc1ccn(-c2ccccc2)n1)C(=O)O. The van der Waals surface area contributed by atoms with Crippen molar-refractivity contribution < 1.29 is 9.90 Å². The summed E-state index contributed by atoms with van der Waals surface area (Å²) in [7, 11) is 0. The molecular formula is C16H21N3O2. The molecule has 0 bridgehead atoms. The normalized spacial score (nSPS) is 12.5. The lowest BCUT2D eigenvalue weighted by Gasteiger charge is -2.15. The Morgan fingerprint density at radius 2 is 2.00 bits per heavy atom. The Hall–Kier alpha value is -2.14. The Bertz CT molecular complexity index is 578. The lowest BCUT2D eigenvalue weighted by Crippen LogP contribution is -2.37. The molecule has 2 aromatic rings. The zero-order valence-corrected chi connectivity index (χ0v) is 12.4. The van der Waals surface area contributed by atoms with Crippen LogP contribution >= 0.6 is 0 Å². The Kier molecular flexibility index (Phi) is 5.11. The minimum atomic E-state index is -0.814. The van der Waals surface area contributed by atoms with Crippen LogP contribution in [-0.2, 0) is 11.3 Å². The third kappa shape index (κ3) is 4.43. The summed E-state index contributed by atoms with van der Waals surface area (Å²) in [5, 5.41) is 16.7. The van der Waals surface area contributed by atoms with E-state index < -0.39 is 12.0 Å². The molecule has 1 atom stereocenters. The Morgan fingerprint density at radius 3 is 2.62 bits per heavy atom. The number of hydrogen-bond donors (Lipinski definition) is 2. The van der Waals surface area contributed by atoms with Crippen LogP contribution in [0.3, 0.4) is 0 Å². The van der Waals surface area contributed by atoms with Crippen molar-refractivity contribution in [3.8, 4) is 5.69 Å². The maximum absolute atomic E-state index is 11.2. The number of carboxylic acids is 1. The average Bonchev–Trinajstić information content (AvgIpc) is 2.92. The Balaban J connectivity index is 1.98. The molecule has 1 aromatic heterocycles. The first-order chi connectivity index (χ1) is 10.1. The molecule has 0 aliphatic rings. The van der Waals surface area contributed by atoms with Crippen LogP contribution in [0, 0.1) is 5.92 Å². The Labute approximate surface area is 124 Å². The highest BCUT2D eigenvalue weighted by Gasteiger charge is 2.18. The molecule has 112 valence electrons. The number of hydrogen-bond acceptors (Lipinski definition) is 3. The second-order valence-electron chi connectivity index (χ2n) is 5.49. The first-order valence-corrected chi connectivity index (χ1v) is 7.12. The number of aliphatic carboxylic acids is 1. The number of benzene rings is 1. The van der Waals surface area contributed by atoms with Gasteiger partial charge in [-0.05, 0) is 30.5 Å². The third-order valence-electron chi connectivity index (χ3n) is 3.20. The van der Waals surface area contributed by atoms with Crippen molar-refractivity contribution in [1.82, 2.24) is 15.1 Å². The standard InChI is InChI=1S/C16H21N3O2/c1-12(2)10-15(16(20)21)17-11-13-8-9-19(18-13)14-6-4-3-5-7-14/h3-9,12,15,17H,10-11H2,1-2H3,(H,20,21)/t15-/m0/s1. The molecule has 0 amide bonds. The van der Waals surface area contributed by atoms with E-state index in [0.29, 0.717) is 18.9 Å². The number of nitrogens with one attached hydrogen (secondary N) is 1. The van der Waals surface area contributed by atoms with Gasteiger partial charge in [0.05, 0.1) is 11.4 Å². The molecule has 5 nitrogen and oxygen atoms in total. The van der Waals surface area contributed by atoms with E-state index in [4.69, 9.17) is 0 Å². The fourth-order valence-electron chi connectivity index (χ4n) is 2.15. The van der Waals surface area contributed by atoms with E-state index in [0.717, 1.165) is 11.4 Å². The molecule has 0 unspecified atom stereocenters. The van der Waals surface area contributed by atoms with Gasteiger partial charge in [0.2, 0.25) is 0 Å². The van der Waals surface area contributed by atoms with Crippen molar-refractivity contribution in [3.63, 3.8) is 0 Å². The van der Waals surface area contributed by atoms with Crippen LogP contribution in [0.5, 0.6) is 0 Å². The topological polar surface area (TPSA) is 67.2 Å². The van der Waals surface area contributed by atoms with E-state index >= 15 is 0 Å². The monoisotopic (exact) mass is 287 g/mol. The molecule has 1 aromatic carbocycles. The first-order valence-electron chi connectivity index (χ1n) is 7.12. The summed E-state index contributed by atoms with van der Waals surface area (Å²) in [6.07, 6.45) is 2.49. The number of rotatable bonds is 7. The maximum atomic E-state index is 11.2. The minimum absolute atomic E-state index is 0.334. The van der Waals surface area contributed by atoms with Crippen molar-refractivity contribution in [3.05, 3.63) is 48.3 Å². The molecular weight excluding hydrogens is 266 g/mol. The quantitative estimate of drug-likeness (QED) is 0.821. The lowest BCUT2D eigenvalue weighted by molar-refractivity contribution is -0.140. The van der Waals surface area contributed by atoms with Crippen LogP contribution in [0.15, 0.2) is 42.6 Å². The molecule has 0 saturated heterocycles. The average molecular weight is 287 g/mol. The van der Waals surface area contributed by atoms with Crippen molar-refractivity contribution in [2.75, 3.05) is 0 Å². The van der Waals surface area contributed by atoms with Gasteiger partial charge in [0.1, 0.15) is 6.04 Å². The van der Waals surface area contributed by atoms with E-state index in [1.807, 2.05) is 56.4 Å². The summed E-state index contributed by atoms with van der Waals surface area (Å²) in [4.78, 5) is 11.2. The summed E-state index contributed by atoms with van der Waals surface area (Å²) >= 11 is 0. The molecule has 1 heterocycles. The van der Waals surface area contributed by atoms with Gasteiger partial charge in [-0.3, -0.25) is 10.1 Å². The van der Waals surface area contributed by atoms with Crippen LogP contribution in [0.1, 0.15) is 26.0 Å². The summed E-state index contributed by atoms with van der Waals surface area (Å²) in [6.45, 7) is 4.48. The van der Waals surface area contributed by atoms with Crippen molar-refractivity contribution in [1.29, 1.82) is 0 Å². The van der Waals surface area contributed by atoms with E-state index in [1.54, 1.807) is 4.68 Å². The van der Waals surface area contributed by atoms with Crippen LogP contribution in [0.4, 0.5) is 0 Å². The highest BCUT2D eigenvalue weighted by molar-refractivity contribution is 5.73. The molecule has 2 N–H and O–H groups in total. The van der Waals surface area contributed by atoms with Crippen molar-refractivity contribution >= 4 is 5.97 Å². The summed E-state index contributed by atoms with van der Waals surface area (Å²) in [5.41, 5.74) is 1.81. The van der Waals surface area contributed by atoms with Gasteiger partial charge < -0.3 is 5.11 Å². The number of para-hydroxylation sites is 1. The van der Waals surface area contributed by atoms with Gasteiger partial charge in [-0.2, -0.15) is 5.10 Å². The molecule has 0 spiro atoms. The van der Waals surface area contributed by atoms with Gasteiger partial charge in [-0.15, -0.1) is 0 Å². The lowest BCUT2D eigenvalue weighted by atomic mass is 10.0. The van der Waals surface area contributed by atoms with E-state index in [2.05, 4.69) is 10.4 Å². The molecule has 21 heavy (non-hydrogen) atoms. The van der Waals surface area contributed by atoms with E-state index in [1.165, 1.54) is 0 Å². The minimum Gasteiger partial charge on any atom is -0.480 e. The maximum Gasteiger partial charge on any atom is 0.320 e. The number of carboxylic acid groups (broad SMARTS) is 1. The summed E-state index contributed by atoms with van der Waals surface area (Å²) < 4.78 is 1.79. The van der Waals surface area contributed by atoms with Crippen LogP contribution in [-0.4, -0.2) is 26.9 Å². The predicted octanol–water partition coefficient (Wildman–Crippen LogP) is 2.46. The van der Waals surface area contributed by atoms with Crippen molar-refractivity contribution in [2.45, 2.75) is 32.9 Å². The second kappa shape index (κ2) is 7.04. The highest BCUT2D eigenvalue weighted by Crippen LogP contribution is 2.08. The van der Waals surface area contributed by atoms with Gasteiger partial charge in [-0.1, -0.05) is 32.0 Å². The molecule has 2 rings (SSSR count). The smallest absolute Gasteiger partial charge is 0.320 e. The first kappa shape index (κ1) is 15.3. The molecule has 0 aliphatic carbocycles. The number of carbonyl (C=O) groups is 1. The predicted molar refractivity (Wildman–Crippen MR) is 81.3 cm³/mol. The number of nitrogens with zero attached hydrogens (tertiary/aromatic N) is 2. The van der Waals surface area contributed by atoms with Crippen LogP contribution < -0.4 is 5.32 Å². The fraction of sp³-hybridized carbons (Fsp3) is 0.375. The van der Waals surface area contributed by atoms with Crippen LogP contribution in [0.25, 0.3) is 5.69 Å². The molecule has 0 fully saturated rings. The molecule has 0 radical (unpaired) electrons. The third-order valence-corrected chi connectivity index (χ3v) is 3.20. The number of aromatic nitrogens is 2. The van der Waals surface area contributed by atoms with Gasteiger partial charge in [0.25, 0.3) is 0 Å². The Morgan fingerprint density at radius 1 is 1.29 bits per heavy atom. The molecule has 5 heteroatoms. The van der Waals surface area contributed by atoms with Gasteiger partial charge in [-0.25, -0.2) is 4.68 Å². The summed E-state index contributed by atoms with van der Waals surface area (Å²) in [5.74, 6) is -0.480. The fourth-order valence-corrected chi connectivity index (χ4v) is 2.15. The van der Waals surface area contributed by atoms with Gasteiger partial charge in [0, 0.05) is 12.7 Å². The highest BCUT2D eigenvalue weighted by atomic mass is 16.4. The van der Waals surface area contributed by atoms with E-state index in [-0.39, 0.29) is 0 Å². The summed E-state index contributed by atoms with van der Waals surface area (Å²) in [6, 6.07) is 11.2. The van der Waals surface area contributed by atoms with Gasteiger partial charge >= 0.3 is 5.97 Å². The van der Waals surface area contributed by atoms with Crippen molar-refractivity contribution in [2.24, 2.45) is 5.92 Å². The molecule has 0 saturated carbocycles. The largest absolute Gasteiger partial charge is 0.480 e. The van der Waals surface area contributed by atoms with E-state index in [9.17, 15) is 9.90 Å². The second-order valence-corrected chi connectivity index (χ2v) is 5.49. The van der Waals surface area contributed by atoms with Gasteiger partial charge in [0.15, 0.2) is 0 Å². The molecule has 0 aliphatic heterocycles. The van der Waals surface area contributed by atoms with Crippen LogP contribution in [0.2, 0.25) is 0 Å². The zero-order valence-electron chi connectivity index (χ0n) is 12.4. The zero-order chi connectivity index (χ0) is 15.2.